The van der Waals surface area contributed by atoms with Crippen LogP contribution >= 0.6 is 11.3 Å². The maximum absolute atomic E-state index is 12.8. The molecule has 0 bridgehead atoms. The lowest BCUT2D eigenvalue weighted by Gasteiger charge is -2.10. The monoisotopic (exact) mass is 303 g/mol. The highest BCUT2D eigenvalue weighted by Crippen LogP contribution is 2.31. The molecule has 3 heterocycles. The number of hydrogen-bond donors (Lipinski definition) is 0. The van der Waals surface area contributed by atoms with Crippen LogP contribution in [-0.2, 0) is 0 Å². The summed E-state index contributed by atoms with van der Waals surface area (Å²) < 4.78 is 1.98. The first-order valence-corrected chi connectivity index (χ1v) is 7.84. The maximum atomic E-state index is 12.8. The molecule has 3 aromatic heterocycles. The first-order chi connectivity index (χ1) is 10.8. The number of rotatable bonds is 0. The van der Waals surface area contributed by atoms with Crippen molar-refractivity contribution in [3.63, 3.8) is 0 Å². The Morgan fingerprint density at radius 2 is 1.36 bits per heavy atom. The Morgan fingerprint density at radius 1 is 0.682 bits per heavy atom. The Balaban J connectivity index is 2.35. The van der Waals surface area contributed by atoms with E-state index >= 15 is 0 Å². The normalized spacial score (nSPS) is 12.0. The van der Waals surface area contributed by atoms with E-state index in [9.17, 15) is 9.59 Å². The third-order valence-electron chi connectivity index (χ3n) is 4.26. The summed E-state index contributed by atoms with van der Waals surface area (Å²) in [7, 11) is 0. The molecule has 3 nitrogen and oxygen atoms in total. The number of nitrogens with zero attached hydrogens (tertiary/aromatic N) is 1. The van der Waals surface area contributed by atoms with Crippen LogP contribution in [0.5, 0.6) is 0 Å². The summed E-state index contributed by atoms with van der Waals surface area (Å²) in [4.78, 5) is 25.6. The van der Waals surface area contributed by atoms with E-state index in [4.69, 9.17) is 0 Å². The summed E-state index contributed by atoms with van der Waals surface area (Å²) in [5, 5.41) is 6.20. The van der Waals surface area contributed by atoms with Gasteiger partial charge in [0.1, 0.15) is 4.70 Å². The lowest BCUT2D eigenvalue weighted by atomic mass is 10.0. The van der Waals surface area contributed by atoms with Crippen molar-refractivity contribution >= 4 is 48.5 Å². The Bertz CT molecular complexity index is 1310. The number of pyridine rings is 2. The Kier molecular flexibility index (Phi) is 2.12. The van der Waals surface area contributed by atoms with Gasteiger partial charge in [-0.1, -0.05) is 36.4 Å². The number of aromatic nitrogens is 1. The molecule has 0 aliphatic rings. The summed E-state index contributed by atoms with van der Waals surface area (Å²) in [6, 6.07) is 15.4. The average Bonchev–Trinajstić information content (AvgIpc) is 3.04. The van der Waals surface area contributed by atoms with Crippen LogP contribution in [0.4, 0.5) is 0 Å². The van der Waals surface area contributed by atoms with Gasteiger partial charge in [0.25, 0.3) is 11.1 Å². The van der Waals surface area contributed by atoms with Gasteiger partial charge in [-0.3, -0.25) is 9.59 Å². The Labute approximate surface area is 128 Å². The number of thiophene rings is 1. The third kappa shape index (κ3) is 1.26. The molecule has 0 unspecified atom stereocenters. The molecule has 5 rings (SSSR count). The van der Waals surface area contributed by atoms with E-state index < -0.39 is 0 Å². The molecule has 0 aliphatic heterocycles. The quantitative estimate of drug-likeness (QED) is 0.324. The highest BCUT2D eigenvalue weighted by molar-refractivity contribution is 7.17. The van der Waals surface area contributed by atoms with E-state index in [1.807, 2.05) is 47.8 Å². The minimum atomic E-state index is -0.236. The van der Waals surface area contributed by atoms with Gasteiger partial charge in [-0.2, -0.15) is 0 Å². The summed E-state index contributed by atoms with van der Waals surface area (Å²) >= 11 is 1.39. The largest absolute Gasteiger partial charge is 0.276 e. The van der Waals surface area contributed by atoms with Crippen molar-refractivity contribution < 1.29 is 0 Å². The van der Waals surface area contributed by atoms with Gasteiger partial charge in [-0.25, -0.2) is 4.40 Å². The van der Waals surface area contributed by atoms with Crippen LogP contribution in [0.3, 0.4) is 0 Å². The van der Waals surface area contributed by atoms with Gasteiger partial charge in [0.2, 0.25) is 0 Å². The first kappa shape index (κ1) is 11.9. The van der Waals surface area contributed by atoms with Crippen LogP contribution in [0.25, 0.3) is 37.1 Å². The SMILES string of the molecule is O=c1c2ccccc2c2cccc3c4ccsc4c(=O)n1c23. The van der Waals surface area contributed by atoms with Crippen LogP contribution in [0.15, 0.2) is 63.5 Å². The summed E-state index contributed by atoms with van der Waals surface area (Å²) in [6.07, 6.45) is 0. The van der Waals surface area contributed by atoms with E-state index in [1.54, 1.807) is 6.07 Å². The molecule has 0 spiro atoms. The molecule has 0 N–H and O–H groups in total. The van der Waals surface area contributed by atoms with Crippen molar-refractivity contribution in [1.29, 1.82) is 0 Å². The van der Waals surface area contributed by atoms with Crippen LogP contribution < -0.4 is 11.1 Å². The molecular formula is C18H9NO2S. The minimum absolute atomic E-state index is 0.218. The maximum Gasteiger partial charge on any atom is 0.276 e. The zero-order valence-electron chi connectivity index (χ0n) is 11.4. The van der Waals surface area contributed by atoms with Crippen LogP contribution in [-0.4, -0.2) is 4.40 Å². The summed E-state index contributed by atoms with van der Waals surface area (Å²) in [5.74, 6) is 0. The van der Waals surface area contributed by atoms with Crippen molar-refractivity contribution in [2.75, 3.05) is 0 Å². The first-order valence-electron chi connectivity index (χ1n) is 6.96. The average molecular weight is 303 g/mol. The van der Waals surface area contributed by atoms with Gasteiger partial charge in [-0.15, -0.1) is 11.3 Å². The predicted molar refractivity (Wildman–Crippen MR) is 91.5 cm³/mol. The van der Waals surface area contributed by atoms with Crippen molar-refractivity contribution in [3.8, 4) is 0 Å². The fourth-order valence-corrected chi connectivity index (χ4v) is 4.17. The molecule has 0 saturated carbocycles. The van der Waals surface area contributed by atoms with E-state index in [0.717, 1.165) is 27.1 Å². The molecule has 2 aromatic carbocycles. The van der Waals surface area contributed by atoms with Crippen molar-refractivity contribution in [2.45, 2.75) is 0 Å². The molecule has 22 heavy (non-hydrogen) atoms. The molecule has 0 fully saturated rings. The Hall–Kier alpha value is -2.72. The van der Waals surface area contributed by atoms with Crippen LogP contribution in [0, 0.1) is 0 Å². The highest BCUT2D eigenvalue weighted by atomic mass is 32.1. The van der Waals surface area contributed by atoms with E-state index in [0.29, 0.717) is 10.1 Å². The van der Waals surface area contributed by atoms with E-state index in [-0.39, 0.29) is 11.1 Å². The number of benzene rings is 2. The fourth-order valence-electron chi connectivity index (χ4n) is 3.33. The zero-order valence-corrected chi connectivity index (χ0v) is 12.2. The standard InChI is InChI=1S/C18H9NO2S/c20-17-14-5-2-1-4-10(14)11-6-3-7-12-13-8-9-22-16(13)18(21)19(17)15(11)12/h1-9H. The third-order valence-corrected chi connectivity index (χ3v) is 5.17. The fraction of sp³-hybridized carbons (Fsp3) is 0. The molecule has 0 aliphatic carbocycles. The molecule has 0 saturated heterocycles. The van der Waals surface area contributed by atoms with Gasteiger partial charge in [-0.05, 0) is 22.9 Å². The summed E-state index contributed by atoms with van der Waals surface area (Å²) in [6.45, 7) is 0. The molecular weight excluding hydrogens is 294 g/mol. The zero-order chi connectivity index (χ0) is 14.8. The highest BCUT2D eigenvalue weighted by Gasteiger charge is 2.16. The van der Waals surface area contributed by atoms with Crippen LogP contribution in [0.1, 0.15) is 0 Å². The number of hydrogen-bond acceptors (Lipinski definition) is 3. The van der Waals surface area contributed by atoms with Gasteiger partial charge in [0.05, 0.1) is 5.52 Å². The molecule has 0 atom stereocenters. The van der Waals surface area contributed by atoms with Crippen molar-refractivity contribution in [2.24, 2.45) is 0 Å². The van der Waals surface area contributed by atoms with Gasteiger partial charge >= 0.3 is 0 Å². The van der Waals surface area contributed by atoms with Crippen LogP contribution in [0.2, 0.25) is 0 Å². The predicted octanol–water partition coefficient (Wildman–Crippen LogP) is 3.62. The lowest BCUT2D eigenvalue weighted by Crippen LogP contribution is -2.26. The van der Waals surface area contributed by atoms with E-state index in [2.05, 4.69) is 0 Å². The second kappa shape index (κ2) is 3.93. The van der Waals surface area contributed by atoms with Crippen molar-refractivity contribution in [1.82, 2.24) is 4.40 Å². The van der Waals surface area contributed by atoms with Gasteiger partial charge in [0, 0.05) is 21.5 Å². The van der Waals surface area contributed by atoms with Crippen molar-refractivity contribution in [3.05, 3.63) is 74.6 Å². The molecule has 104 valence electrons. The smallest absolute Gasteiger partial charge is 0.268 e. The lowest BCUT2D eigenvalue weighted by molar-refractivity contribution is 1.09. The number of para-hydroxylation sites is 1. The molecule has 4 heteroatoms. The summed E-state index contributed by atoms with van der Waals surface area (Å²) in [5.41, 5.74) is 0.270. The van der Waals surface area contributed by atoms with Gasteiger partial charge < -0.3 is 0 Å². The number of fused-ring (bicyclic) bond motifs is 4. The molecule has 0 radical (unpaired) electrons. The second-order valence-corrected chi connectivity index (χ2v) is 6.27. The van der Waals surface area contributed by atoms with Gasteiger partial charge in [0.15, 0.2) is 0 Å². The second-order valence-electron chi connectivity index (χ2n) is 5.36. The van der Waals surface area contributed by atoms with E-state index in [1.165, 1.54) is 15.7 Å². The molecule has 5 aromatic rings. The minimum Gasteiger partial charge on any atom is -0.268 e. The Morgan fingerprint density at radius 3 is 2.18 bits per heavy atom. The molecule has 0 amide bonds. The topological polar surface area (TPSA) is 38.5 Å².